The van der Waals surface area contributed by atoms with Gasteiger partial charge in [-0.2, -0.15) is 10.2 Å². The zero-order chi connectivity index (χ0) is 9.97. The zero-order valence-corrected chi connectivity index (χ0v) is 7.74. The summed E-state index contributed by atoms with van der Waals surface area (Å²) in [4.78, 5) is 0. The van der Waals surface area contributed by atoms with E-state index in [1.165, 1.54) is 0 Å². The summed E-state index contributed by atoms with van der Waals surface area (Å²) in [7, 11) is 0. The van der Waals surface area contributed by atoms with Crippen LogP contribution in [0.3, 0.4) is 0 Å². The number of aryl methyl sites for hydroxylation is 1. The second kappa shape index (κ2) is 3.54. The van der Waals surface area contributed by atoms with Crippen molar-refractivity contribution in [3.8, 4) is 11.3 Å². The van der Waals surface area contributed by atoms with Crippen molar-refractivity contribution in [3.05, 3.63) is 47.9 Å². The van der Waals surface area contributed by atoms with Crippen LogP contribution < -0.4 is 0 Å². The maximum atomic E-state index is 13.6. The summed E-state index contributed by atoms with van der Waals surface area (Å²) in [5.41, 5.74) is 1.68. The highest BCUT2D eigenvalue weighted by atomic mass is 19.1. The van der Waals surface area contributed by atoms with Gasteiger partial charge in [-0.1, -0.05) is 12.1 Å². The molecule has 0 atom stereocenters. The van der Waals surface area contributed by atoms with Crippen LogP contribution in [0.5, 0.6) is 0 Å². The predicted molar refractivity (Wildman–Crippen MR) is 52.2 cm³/mol. The summed E-state index contributed by atoms with van der Waals surface area (Å²) in [5.74, 6) is -0.229. The normalized spacial score (nSPS) is 10.1. The Morgan fingerprint density at radius 3 is 2.71 bits per heavy atom. The Morgan fingerprint density at radius 2 is 2.00 bits per heavy atom. The third-order valence-electron chi connectivity index (χ3n) is 2.04. The van der Waals surface area contributed by atoms with Gasteiger partial charge < -0.3 is 0 Å². The van der Waals surface area contributed by atoms with Gasteiger partial charge in [0.05, 0.1) is 5.69 Å². The van der Waals surface area contributed by atoms with Crippen LogP contribution in [0.1, 0.15) is 5.56 Å². The standard InChI is InChI=1S/C11H9FN2/c1-8-4-2-5-9(11(8)12)10-6-3-7-13-14-10/h2-7H,1H3. The lowest BCUT2D eigenvalue weighted by molar-refractivity contribution is 0.621. The molecule has 1 aromatic carbocycles. The molecule has 2 aromatic rings. The Kier molecular flexibility index (Phi) is 2.23. The van der Waals surface area contributed by atoms with Crippen LogP contribution in [-0.4, -0.2) is 10.2 Å². The van der Waals surface area contributed by atoms with Gasteiger partial charge in [0.15, 0.2) is 0 Å². The van der Waals surface area contributed by atoms with Crippen LogP contribution in [0.4, 0.5) is 4.39 Å². The first-order chi connectivity index (χ1) is 6.79. The molecule has 2 rings (SSSR count). The summed E-state index contributed by atoms with van der Waals surface area (Å²) in [6.07, 6.45) is 1.57. The summed E-state index contributed by atoms with van der Waals surface area (Å²) >= 11 is 0. The highest BCUT2D eigenvalue weighted by molar-refractivity contribution is 5.60. The fourth-order valence-electron chi connectivity index (χ4n) is 1.29. The molecule has 0 aliphatic carbocycles. The molecule has 0 spiro atoms. The van der Waals surface area contributed by atoms with E-state index in [9.17, 15) is 4.39 Å². The SMILES string of the molecule is Cc1cccc(-c2cccnn2)c1F. The smallest absolute Gasteiger partial charge is 0.135 e. The highest BCUT2D eigenvalue weighted by Gasteiger charge is 2.07. The van der Waals surface area contributed by atoms with Gasteiger partial charge in [-0.3, -0.25) is 0 Å². The molecular weight excluding hydrogens is 179 g/mol. The fraction of sp³-hybridized carbons (Fsp3) is 0.0909. The predicted octanol–water partition coefficient (Wildman–Crippen LogP) is 2.59. The van der Waals surface area contributed by atoms with Gasteiger partial charge in [0, 0.05) is 11.8 Å². The van der Waals surface area contributed by atoms with Crippen LogP contribution >= 0.6 is 0 Å². The largest absolute Gasteiger partial charge is 0.206 e. The van der Waals surface area contributed by atoms with E-state index >= 15 is 0 Å². The molecule has 0 saturated heterocycles. The molecule has 70 valence electrons. The van der Waals surface area contributed by atoms with Gasteiger partial charge in [0.1, 0.15) is 5.82 Å². The Bertz CT molecular complexity index is 440. The zero-order valence-electron chi connectivity index (χ0n) is 7.74. The fourth-order valence-corrected chi connectivity index (χ4v) is 1.29. The molecule has 0 aliphatic heterocycles. The summed E-state index contributed by atoms with van der Waals surface area (Å²) in [6.45, 7) is 1.73. The summed E-state index contributed by atoms with van der Waals surface area (Å²) < 4.78 is 13.6. The minimum atomic E-state index is -0.229. The molecule has 0 unspecified atom stereocenters. The number of halogens is 1. The molecular formula is C11H9FN2. The maximum Gasteiger partial charge on any atom is 0.135 e. The molecule has 1 heterocycles. The van der Waals surface area contributed by atoms with Crippen LogP contribution in [0.15, 0.2) is 36.5 Å². The van der Waals surface area contributed by atoms with E-state index in [1.54, 1.807) is 37.4 Å². The van der Waals surface area contributed by atoms with E-state index in [0.29, 0.717) is 16.8 Å². The van der Waals surface area contributed by atoms with Crippen molar-refractivity contribution in [2.24, 2.45) is 0 Å². The topological polar surface area (TPSA) is 25.8 Å². The summed E-state index contributed by atoms with van der Waals surface area (Å²) in [6, 6.07) is 8.72. The number of rotatable bonds is 1. The minimum absolute atomic E-state index is 0.229. The lowest BCUT2D eigenvalue weighted by Crippen LogP contribution is -1.91. The number of hydrogen-bond acceptors (Lipinski definition) is 2. The third kappa shape index (κ3) is 1.48. The Balaban J connectivity index is 2.58. The molecule has 0 N–H and O–H groups in total. The van der Waals surface area contributed by atoms with Crippen LogP contribution in [0.2, 0.25) is 0 Å². The lowest BCUT2D eigenvalue weighted by atomic mass is 10.1. The van der Waals surface area contributed by atoms with E-state index in [0.717, 1.165) is 0 Å². The van der Waals surface area contributed by atoms with E-state index in [1.807, 2.05) is 6.07 Å². The van der Waals surface area contributed by atoms with E-state index in [-0.39, 0.29) is 5.82 Å². The second-order valence-electron chi connectivity index (χ2n) is 3.05. The average Bonchev–Trinajstić information content (AvgIpc) is 2.23. The highest BCUT2D eigenvalue weighted by Crippen LogP contribution is 2.21. The molecule has 0 saturated carbocycles. The first kappa shape index (κ1) is 8.81. The number of hydrogen-bond donors (Lipinski definition) is 0. The van der Waals surface area contributed by atoms with Gasteiger partial charge in [-0.05, 0) is 30.7 Å². The van der Waals surface area contributed by atoms with Crippen molar-refractivity contribution in [3.63, 3.8) is 0 Å². The maximum absolute atomic E-state index is 13.6. The van der Waals surface area contributed by atoms with Gasteiger partial charge in [0.25, 0.3) is 0 Å². The number of aromatic nitrogens is 2. The molecule has 0 bridgehead atoms. The van der Waals surface area contributed by atoms with Crippen molar-refractivity contribution in [1.29, 1.82) is 0 Å². The molecule has 2 nitrogen and oxygen atoms in total. The van der Waals surface area contributed by atoms with Gasteiger partial charge >= 0.3 is 0 Å². The van der Waals surface area contributed by atoms with Crippen molar-refractivity contribution in [2.75, 3.05) is 0 Å². The molecule has 0 amide bonds. The number of nitrogens with zero attached hydrogens (tertiary/aromatic N) is 2. The number of benzene rings is 1. The van der Waals surface area contributed by atoms with Gasteiger partial charge in [-0.25, -0.2) is 4.39 Å². The lowest BCUT2D eigenvalue weighted by Gasteiger charge is -2.03. The van der Waals surface area contributed by atoms with Crippen LogP contribution in [-0.2, 0) is 0 Å². The molecule has 3 heteroatoms. The van der Waals surface area contributed by atoms with Gasteiger partial charge in [0.2, 0.25) is 0 Å². The first-order valence-electron chi connectivity index (χ1n) is 4.32. The van der Waals surface area contributed by atoms with Crippen molar-refractivity contribution in [2.45, 2.75) is 6.92 Å². The van der Waals surface area contributed by atoms with Crippen LogP contribution in [0.25, 0.3) is 11.3 Å². The summed E-state index contributed by atoms with van der Waals surface area (Å²) in [5, 5.41) is 7.58. The van der Waals surface area contributed by atoms with E-state index < -0.39 is 0 Å². The van der Waals surface area contributed by atoms with Crippen molar-refractivity contribution in [1.82, 2.24) is 10.2 Å². The monoisotopic (exact) mass is 188 g/mol. The van der Waals surface area contributed by atoms with Crippen molar-refractivity contribution >= 4 is 0 Å². The Morgan fingerprint density at radius 1 is 1.14 bits per heavy atom. The quantitative estimate of drug-likeness (QED) is 0.687. The van der Waals surface area contributed by atoms with E-state index in [4.69, 9.17) is 0 Å². The second-order valence-corrected chi connectivity index (χ2v) is 3.05. The van der Waals surface area contributed by atoms with E-state index in [2.05, 4.69) is 10.2 Å². The average molecular weight is 188 g/mol. The molecule has 14 heavy (non-hydrogen) atoms. The molecule has 0 aliphatic rings. The third-order valence-corrected chi connectivity index (χ3v) is 2.04. The van der Waals surface area contributed by atoms with Crippen molar-refractivity contribution < 1.29 is 4.39 Å². The minimum Gasteiger partial charge on any atom is -0.206 e. The molecule has 1 aromatic heterocycles. The first-order valence-corrected chi connectivity index (χ1v) is 4.32. The Labute approximate surface area is 81.4 Å². The van der Waals surface area contributed by atoms with Crippen LogP contribution in [0, 0.1) is 12.7 Å². The molecule has 0 radical (unpaired) electrons. The van der Waals surface area contributed by atoms with Gasteiger partial charge in [-0.15, -0.1) is 0 Å². The Hall–Kier alpha value is -1.77. The molecule has 0 fully saturated rings.